The van der Waals surface area contributed by atoms with Crippen molar-refractivity contribution < 1.29 is 0 Å². The van der Waals surface area contributed by atoms with Crippen LogP contribution in [0, 0.1) is 13.8 Å². The van der Waals surface area contributed by atoms with E-state index < -0.39 is 0 Å². The van der Waals surface area contributed by atoms with Crippen molar-refractivity contribution in [1.82, 2.24) is 4.90 Å². The molecule has 0 fully saturated rings. The second kappa shape index (κ2) is 9.95. The molecule has 0 saturated heterocycles. The molecule has 0 spiro atoms. The fourth-order valence-corrected chi connectivity index (χ4v) is 3.75. The summed E-state index contributed by atoms with van der Waals surface area (Å²) in [6.07, 6.45) is 2.33. The second-order valence-corrected chi connectivity index (χ2v) is 8.15. The molecule has 0 aromatic heterocycles. The molecule has 0 N–H and O–H groups in total. The summed E-state index contributed by atoms with van der Waals surface area (Å²) in [4.78, 5) is 2.42. The molecule has 0 aliphatic heterocycles. The quantitative estimate of drug-likeness (QED) is 0.311. The lowest BCUT2D eigenvalue weighted by Crippen LogP contribution is -2.17. The summed E-state index contributed by atoms with van der Waals surface area (Å²) in [6, 6.07) is 39.1. The van der Waals surface area contributed by atoms with Crippen LogP contribution in [0.5, 0.6) is 0 Å². The lowest BCUT2D eigenvalue weighted by molar-refractivity contribution is 0.363. The number of nitrogens with zero attached hydrogens (tertiary/aromatic N) is 1. The molecule has 4 aromatic rings. The van der Waals surface area contributed by atoms with Gasteiger partial charge in [0.15, 0.2) is 0 Å². The highest BCUT2D eigenvalue weighted by Gasteiger charge is 2.10. The Hall–Kier alpha value is -3.58. The molecule has 1 heteroatoms. The van der Waals surface area contributed by atoms with Gasteiger partial charge in [0.2, 0.25) is 0 Å². The normalized spacial score (nSPS) is 10.5. The highest BCUT2D eigenvalue weighted by Crippen LogP contribution is 2.26. The van der Waals surface area contributed by atoms with Gasteiger partial charge in [-0.3, -0.25) is 0 Å². The number of benzene rings is 4. The van der Waals surface area contributed by atoms with Gasteiger partial charge in [-0.1, -0.05) is 120 Å². The standard InChI is InChI=1S/C30H29N/c1-24-13-17-28(18-14-24)30(29-19-15-25(2)16-20-29)23-31(21-26-9-5-3-6-10-26)22-27-11-7-4-8-12-27/h3-20,23H,21-22H2,1-2H3. The summed E-state index contributed by atoms with van der Waals surface area (Å²) in [6.45, 7) is 5.99. The topological polar surface area (TPSA) is 3.24 Å². The van der Waals surface area contributed by atoms with Gasteiger partial charge in [-0.05, 0) is 36.1 Å². The predicted octanol–water partition coefficient (Wildman–Crippen LogP) is 7.40. The zero-order valence-electron chi connectivity index (χ0n) is 18.3. The molecule has 0 bridgehead atoms. The molecule has 0 radical (unpaired) electrons. The molecule has 0 unspecified atom stereocenters. The van der Waals surface area contributed by atoms with Crippen molar-refractivity contribution in [2.75, 3.05) is 0 Å². The van der Waals surface area contributed by atoms with E-state index in [-0.39, 0.29) is 0 Å². The number of hydrogen-bond donors (Lipinski definition) is 0. The molecular formula is C30H29N. The third kappa shape index (κ3) is 5.73. The van der Waals surface area contributed by atoms with Gasteiger partial charge >= 0.3 is 0 Å². The number of rotatable bonds is 7. The van der Waals surface area contributed by atoms with Crippen LogP contribution >= 0.6 is 0 Å². The van der Waals surface area contributed by atoms with Gasteiger partial charge in [-0.15, -0.1) is 0 Å². The smallest absolute Gasteiger partial charge is 0.0427 e. The van der Waals surface area contributed by atoms with Crippen LogP contribution in [0.15, 0.2) is 115 Å². The Balaban J connectivity index is 1.76. The van der Waals surface area contributed by atoms with Crippen molar-refractivity contribution in [1.29, 1.82) is 0 Å². The lowest BCUT2D eigenvalue weighted by atomic mass is 9.97. The van der Waals surface area contributed by atoms with Crippen molar-refractivity contribution in [2.45, 2.75) is 26.9 Å². The minimum atomic E-state index is 0.858. The van der Waals surface area contributed by atoms with E-state index in [0.29, 0.717) is 0 Å². The third-order valence-corrected chi connectivity index (χ3v) is 5.49. The Labute approximate surface area is 186 Å². The fraction of sp³-hybridized carbons (Fsp3) is 0.133. The van der Waals surface area contributed by atoms with E-state index in [4.69, 9.17) is 0 Å². The largest absolute Gasteiger partial charge is 0.368 e. The van der Waals surface area contributed by atoms with E-state index in [0.717, 1.165) is 13.1 Å². The Morgan fingerprint density at radius 3 is 1.32 bits per heavy atom. The maximum atomic E-state index is 2.42. The van der Waals surface area contributed by atoms with Gasteiger partial charge < -0.3 is 4.90 Å². The van der Waals surface area contributed by atoms with E-state index in [1.807, 2.05) is 0 Å². The predicted molar refractivity (Wildman–Crippen MR) is 132 cm³/mol. The molecule has 1 nitrogen and oxygen atoms in total. The van der Waals surface area contributed by atoms with Crippen LogP contribution in [0.4, 0.5) is 0 Å². The van der Waals surface area contributed by atoms with Crippen LogP contribution < -0.4 is 0 Å². The summed E-state index contributed by atoms with van der Waals surface area (Å²) in [5, 5.41) is 0. The van der Waals surface area contributed by atoms with Gasteiger partial charge in [-0.2, -0.15) is 0 Å². The van der Waals surface area contributed by atoms with Crippen molar-refractivity contribution in [2.24, 2.45) is 0 Å². The van der Waals surface area contributed by atoms with E-state index in [1.54, 1.807) is 0 Å². The maximum absolute atomic E-state index is 2.42. The number of aryl methyl sites for hydroxylation is 2. The van der Waals surface area contributed by atoms with Crippen LogP contribution in [0.3, 0.4) is 0 Å². The maximum Gasteiger partial charge on any atom is 0.0427 e. The van der Waals surface area contributed by atoms with Crippen molar-refractivity contribution >= 4 is 5.57 Å². The van der Waals surface area contributed by atoms with Crippen molar-refractivity contribution in [3.8, 4) is 0 Å². The Kier molecular flexibility index (Phi) is 6.64. The summed E-state index contributed by atoms with van der Waals surface area (Å²) in [7, 11) is 0. The minimum Gasteiger partial charge on any atom is -0.368 e. The van der Waals surface area contributed by atoms with Crippen molar-refractivity contribution in [3.63, 3.8) is 0 Å². The van der Waals surface area contributed by atoms with Gasteiger partial charge in [0.25, 0.3) is 0 Å². The zero-order chi connectivity index (χ0) is 21.5. The average molecular weight is 404 g/mol. The zero-order valence-corrected chi connectivity index (χ0v) is 18.3. The van der Waals surface area contributed by atoms with Crippen LogP contribution in [0.1, 0.15) is 33.4 Å². The molecule has 0 aliphatic rings. The van der Waals surface area contributed by atoms with Gasteiger partial charge in [-0.25, -0.2) is 0 Å². The number of hydrogen-bond acceptors (Lipinski definition) is 1. The molecule has 4 rings (SSSR count). The van der Waals surface area contributed by atoms with Crippen LogP contribution in [0.2, 0.25) is 0 Å². The molecule has 0 aliphatic carbocycles. The third-order valence-electron chi connectivity index (χ3n) is 5.49. The summed E-state index contributed by atoms with van der Waals surface area (Å²) in [5.74, 6) is 0. The Morgan fingerprint density at radius 2 is 0.935 bits per heavy atom. The molecule has 31 heavy (non-hydrogen) atoms. The SMILES string of the molecule is Cc1ccc(C(=CN(Cc2ccccc2)Cc2ccccc2)c2ccc(C)cc2)cc1. The van der Waals surface area contributed by atoms with Gasteiger partial charge in [0.05, 0.1) is 0 Å². The summed E-state index contributed by atoms with van der Waals surface area (Å²) >= 11 is 0. The first kappa shape index (κ1) is 20.7. The summed E-state index contributed by atoms with van der Waals surface area (Å²) < 4.78 is 0. The molecule has 4 aromatic carbocycles. The molecule has 0 amide bonds. The molecule has 154 valence electrons. The van der Waals surface area contributed by atoms with Crippen LogP contribution in [0.25, 0.3) is 5.57 Å². The minimum absolute atomic E-state index is 0.858. The van der Waals surface area contributed by atoms with E-state index in [1.165, 1.54) is 39.0 Å². The Morgan fingerprint density at radius 1 is 0.548 bits per heavy atom. The average Bonchev–Trinajstić information content (AvgIpc) is 2.80. The second-order valence-electron chi connectivity index (χ2n) is 8.15. The van der Waals surface area contributed by atoms with Crippen LogP contribution in [-0.2, 0) is 13.1 Å². The van der Waals surface area contributed by atoms with Gasteiger partial charge in [0.1, 0.15) is 0 Å². The van der Waals surface area contributed by atoms with Gasteiger partial charge in [0, 0.05) is 24.9 Å². The first-order chi connectivity index (χ1) is 15.2. The molecular weight excluding hydrogens is 374 g/mol. The highest BCUT2D eigenvalue weighted by atomic mass is 15.1. The van der Waals surface area contributed by atoms with Crippen LogP contribution in [-0.4, -0.2) is 4.90 Å². The fourth-order valence-electron chi connectivity index (χ4n) is 3.75. The molecule has 0 heterocycles. The lowest BCUT2D eigenvalue weighted by Gasteiger charge is -2.23. The molecule has 0 atom stereocenters. The highest BCUT2D eigenvalue weighted by molar-refractivity contribution is 5.79. The summed E-state index contributed by atoms with van der Waals surface area (Å²) in [5.41, 5.74) is 8.88. The first-order valence-electron chi connectivity index (χ1n) is 10.9. The van der Waals surface area contributed by atoms with E-state index >= 15 is 0 Å². The molecule has 0 saturated carbocycles. The van der Waals surface area contributed by atoms with Crippen molar-refractivity contribution in [3.05, 3.63) is 149 Å². The Bertz CT molecular complexity index is 1020. The first-order valence-corrected chi connectivity index (χ1v) is 10.9. The van der Waals surface area contributed by atoms with E-state index in [9.17, 15) is 0 Å². The monoisotopic (exact) mass is 403 g/mol. The van der Waals surface area contributed by atoms with E-state index in [2.05, 4.69) is 134 Å².